The first-order chi connectivity index (χ1) is 9.45. The lowest BCUT2D eigenvalue weighted by Crippen LogP contribution is -2.39. The molecule has 0 bridgehead atoms. The minimum atomic E-state index is -4.53. The van der Waals surface area contributed by atoms with Gasteiger partial charge in [-0.05, 0) is 12.6 Å². The molecule has 0 radical (unpaired) electrons. The number of ketones is 1. The first-order valence-corrected chi connectivity index (χ1v) is 6.46. The summed E-state index contributed by atoms with van der Waals surface area (Å²) < 4.78 is 44.1. The second-order valence-electron chi connectivity index (χ2n) is 4.72. The maximum absolute atomic E-state index is 12.9. The van der Waals surface area contributed by atoms with Crippen LogP contribution in [0.5, 0.6) is 0 Å². The standard InChI is InChI=1S/C14H16F3NO2/c1-2-18-12-8-20-7-10(12)13(19)9-5-3-4-6-11(9)14(15,16)17/h3-6,10,12,18H,2,7-8H2,1H3. The van der Waals surface area contributed by atoms with Gasteiger partial charge in [0.25, 0.3) is 0 Å². The van der Waals surface area contributed by atoms with E-state index < -0.39 is 23.4 Å². The Hall–Kier alpha value is -1.40. The molecule has 1 N–H and O–H groups in total. The predicted octanol–water partition coefficient (Wildman–Crippen LogP) is 2.51. The molecule has 0 aromatic heterocycles. The molecule has 20 heavy (non-hydrogen) atoms. The fourth-order valence-corrected chi connectivity index (χ4v) is 2.42. The van der Waals surface area contributed by atoms with Crippen LogP contribution in [0.2, 0.25) is 0 Å². The molecule has 3 nitrogen and oxygen atoms in total. The summed E-state index contributed by atoms with van der Waals surface area (Å²) in [5.74, 6) is -1.08. The van der Waals surface area contributed by atoms with Crippen molar-refractivity contribution in [3.63, 3.8) is 0 Å². The highest BCUT2D eigenvalue weighted by molar-refractivity contribution is 6.00. The molecule has 2 unspecified atom stereocenters. The van der Waals surface area contributed by atoms with E-state index in [4.69, 9.17) is 4.74 Å². The van der Waals surface area contributed by atoms with Gasteiger partial charge in [0.2, 0.25) is 0 Å². The van der Waals surface area contributed by atoms with Gasteiger partial charge in [-0.1, -0.05) is 25.1 Å². The quantitative estimate of drug-likeness (QED) is 0.865. The Balaban J connectivity index is 2.30. The number of carbonyl (C=O) groups is 1. The van der Waals surface area contributed by atoms with Crippen molar-refractivity contribution >= 4 is 5.78 Å². The minimum absolute atomic E-state index is 0.155. The summed E-state index contributed by atoms with van der Waals surface area (Å²) in [5, 5.41) is 3.08. The Bertz CT molecular complexity index is 488. The number of likely N-dealkylation sites (N-methyl/N-ethyl adjacent to an activating group) is 1. The number of ether oxygens (including phenoxy) is 1. The third-order valence-corrected chi connectivity index (χ3v) is 3.38. The number of halogens is 3. The summed E-state index contributed by atoms with van der Waals surface area (Å²) in [6.45, 7) is 3.02. The van der Waals surface area contributed by atoms with Gasteiger partial charge < -0.3 is 10.1 Å². The maximum Gasteiger partial charge on any atom is 0.417 e. The molecule has 2 rings (SSSR count). The van der Waals surface area contributed by atoms with E-state index in [1.165, 1.54) is 18.2 Å². The fraction of sp³-hybridized carbons (Fsp3) is 0.500. The summed E-state index contributed by atoms with van der Waals surface area (Å²) in [7, 11) is 0. The van der Waals surface area contributed by atoms with Crippen molar-refractivity contribution in [1.29, 1.82) is 0 Å². The van der Waals surface area contributed by atoms with Gasteiger partial charge in [-0.3, -0.25) is 4.79 Å². The highest BCUT2D eigenvalue weighted by Gasteiger charge is 2.39. The number of Topliss-reactive ketones (excluding diaryl/α,β-unsaturated/α-hetero) is 1. The SMILES string of the molecule is CCNC1COCC1C(=O)c1ccccc1C(F)(F)F. The number of nitrogens with one attached hydrogen (secondary N) is 1. The van der Waals surface area contributed by atoms with Crippen LogP contribution in [0, 0.1) is 5.92 Å². The third kappa shape index (κ3) is 3.02. The summed E-state index contributed by atoms with van der Waals surface area (Å²) >= 11 is 0. The molecule has 0 spiro atoms. The molecule has 1 aliphatic rings. The van der Waals surface area contributed by atoms with Gasteiger partial charge in [0.1, 0.15) is 0 Å². The lowest BCUT2D eigenvalue weighted by Gasteiger charge is -2.19. The van der Waals surface area contributed by atoms with Gasteiger partial charge in [0.15, 0.2) is 5.78 Å². The average Bonchev–Trinajstić information content (AvgIpc) is 2.85. The van der Waals surface area contributed by atoms with Gasteiger partial charge in [-0.2, -0.15) is 13.2 Å². The van der Waals surface area contributed by atoms with E-state index in [1.807, 2.05) is 6.92 Å². The van der Waals surface area contributed by atoms with Gasteiger partial charge >= 0.3 is 6.18 Å². The van der Waals surface area contributed by atoms with Crippen LogP contribution in [0.15, 0.2) is 24.3 Å². The normalized spacial score (nSPS) is 23.0. The molecule has 1 aromatic rings. The zero-order chi connectivity index (χ0) is 14.8. The molecule has 1 aliphatic heterocycles. The molecule has 1 aromatic carbocycles. The highest BCUT2D eigenvalue weighted by atomic mass is 19.4. The second-order valence-corrected chi connectivity index (χ2v) is 4.72. The topological polar surface area (TPSA) is 38.3 Å². The Labute approximate surface area is 115 Å². The van der Waals surface area contributed by atoms with Crippen molar-refractivity contribution in [3.05, 3.63) is 35.4 Å². The lowest BCUT2D eigenvalue weighted by atomic mass is 9.90. The van der Waals surface area contributed by atoms with E-state index in [1.54, 1.807) is 0 Å². The predicted molar refractivity (Wildman–Crippen MR) is 67.5 cm³/mol. The van der Waals surface area contributed by atoms with Crippen LogP contribution in [0.4, 0.5) is 13.2 Å². The number of hydrogen-bond donors (Lipinski definition) is 1. The van der Waals surface area contributed by atoms with E-state index in [0.29, 0.717) is 13.2 Å². The molecule has 1 heterocycles. The first kappa shape index (κ1) is 15.0. The summed E-state index contributed by atoms with van der Waals surface area (Å²) in [5.41, 5.74) is -1.16. The molecule has 6 heteroatoms. The number of carbonyl (C=O) groups excluding carboxylic acids is 1. The molecule has 110 valence electrons. The van der Waals surface area contributed by atoms with Crippen LogP contribution < -0.4 is 5.32 Å². The van der Waals surface area contributed by atoms with E-state index in [0.717, 1.165) is 6.07 Å². The van der Waals surface area contributed by atoms with Crippen molar-refractivity contribution < 1.29 is 22.7 Å². The van der Waals surface area contributed by atoms with Crippen molar-refractivity contribution in [2.24, 2.45) is 5.92 Å². The van der Waals surface area contributed by atoms with Crippen molar-refractivity contribution in [3.8, 4) is 0 Å². The van der Waals surface area contributed by atoms with Crippen molar-refractivity contribution in [2.45, 2.75) is 19.1 Å². The van der Waals surface area contributed by atoms with Gasteiger partial charge in [0.05, 0.1) is 24.7 Å². The van der Waals surface area contributed by atoms with Crippen LogP contribution in [-0.2, 0) is 10.9 Å². The number of benzene rings is 1. The fourth-order valence-electron chi connectivity index (χ4n) is 2.42. The van der Waals surface area contributed by atoms with Crippen molar-refractivity contribution in [1.82, 2.24) is 5.32 Å². The third-order valence-electron chi connectivity index (χ3n) is 3.38. The lowest BCUT2D eigenvalue weighted by molar-refractivity contribution is -0.137. The van der Waals surface area contributed by atoms with E-state index >= 15 is 0 Å². The van der Waals surface area contributed by atoms with Gasteiger partial charge in [0, 0.05) is 11.6 Å². The largest absolute Gasteiger partial charge is 0.417 e. The molecule has 2 atom stereocenters. The molecule has 1 fully saturated rings. The Kier molecular flexibility index (Phi) is 4.45. The van der Waals surface area contributed by atoms with Crippen LogP contribution in [0.25, 0.3) is 0 Å². The zero-order valence-electron chi connectivity index (χ0n) is 11.0. The Morgan fingerprint density at radius 2 is 2.05 bits per heavy atom. The molecule has 1 saturated heterocycles. The van der Waals surface area contributed by atoms with Gasteiger partial charge in [-0.15, -0.1) is 0 Å². The minimum Gasteiger partial charge on any atom is -0.379 e. The first-order valence-electron chi connectivity index (χ1n) is 6.46. The number of hydrogen-bond acceptors (Lipinski definition) is 3. The Morgan fingerprint density at radius 3 is 2.70 bits per heavy atom. The van der Waals surface area contributed by atoms with Gasteiger partial charge in [-0.25, -0.2) is 0 Å². The molecule has 0 amide bonds. The van der Waals surface area contributed by atoms with E-state index in [-0.39, 0.29) is 18.2 Å². The summed E-state index contributed by atoms with van der Waals surface area (Å²) in [4.78, 5) is 12.4. The summed E-state index contributed by atoms with van der Waals surface area (Å²) in [6.07, 6.45) is -4.53. The maximum atomic E-state index is 12.9. The smallest absolute Gasteiger partial charge is 0.379 e. The average molecular weight is 287 g/mol. The number of alkyl halides is 3. The molecule has 0 aliphatic carbocycles. The van der Waals surface area contributed by atoms with Crippen LogP contribution >= 0.6 is 0 Å². The monoisotopic (exact) mass is 287 g/mol. The summed E-state index contributed by atoms with van der Waals surface area (Å²) in [6, 6.07) is 4.67. The second kappa shape index (κ2) is 5.93. The Morgan fingerprint density at radius 1 is 1.35 bits per heavy atom. The zero-order valence-corrected chi connectivity index (χ0v) is 11.0. The molecular formula is C14H16F3NO2. The molecular weight excluding hydrogens is 271 g/mol. The highest BCUT2D eigenvalue weighted by Crippen LogP contribution is 2.33. The number of rotatable bonds is 4. The van der Waals surface area contributed by atoms with E-state index in [9.17, 15) is 18.0 Å². The van der Waals surface area contributed by atoms with Crippen LogP contribution in [0.1, 0.15) is 22.8 Å². The molecule has 0 saturated carbocycles. The van der Waals surface area contributed by atoms with E-state index in [2.05, 4.69) is 5.32 Å². The van der Waals surface area contributed by atoms with Crippen LogP contribution in [0.3, 0.4) is 0 Å². The van der Waals surface area contributed by atoms with Crippen LogP contribution in [-0.4, -0.2) is 31.6 Å². The van der Waals surface area contributed by atoms with Crippen molar-refractivity contribution in [2.75, 3.05) is 19.8 Å².